The van der Waals surface area contributed by atoms with Crippen LogP contribution in [0.2, 0.25) is 0 Å². The van der Waals surface area contributed by atoms with E-state index in [0.717, 1.165) is 0 Å². The SMILES string of the molecule is COC(=O)C1C2C3C4C1C15C6C(=O)C7C8C6C6C(OC)C8C8(C3C(C(=O)OC)C4C618)C725. The van der Waals surface area contributed by atoms with Crippen molar-refractivity contribution in [1.29, 1.82) is 0 Å². The zero-order valence-electron chi connectivity index (χ0n) is 17.6. The molecule has 13 rings (SSSR count). The predicted molar refractivity (Wildman–Crippen MR) is 98.4 cm³/mol. The van der Waals surface area contributed by atoms with E-state index in [-0.39, 0.29) is 75.2 Å². The van der Waals surface area contributed by atoms with Crippen molar-refractivity contribution in [2.45, 2.75) is 6.10 Å². The van der Waals surface area contributed by atoms with Crippen molar-refractivity contribution in [3.8, 4) is 0 Å². The molecule has 6 heteroatoms. The fraction of sp³-hybridized carbons (Fsp3) is 0.880. The first-order chi connectivity index (χ1) is 15.1. The number of methoxy groups -OCH3 is 3. The van der Waals surface area contributed by atoms with Gasteiger partial charge >= 0.3 is 11.9 Å². The fourth-order valence-electron chi connectivity index (χ4n) is 17.6. The Kier molecular flexibility index (Phi) is 1.71. The Morgan fingerprint density at radius 1 is 0.645 bits per heavy atom. The first kappa shape index (κ1) is 15.4. The van der Waals surface area contributed by atoms with Gasteiger partial charge in [0.1, 0.15) is 5.78 Å². The minimum atomic E-state index is -0.0380. The molecule has 0 amide bonds. The highest BCUT2D eigenvalue weighted by Gasteiger charge is 3.24. The van der Waals surface area contributed by atoms with Crippen molar-refractivity contribution in [2.75, 3.05) is 21.3 Å². The molecule has 0 aromatic heterocycles. The standard InChI is InChI=1S/C25H24O6/c1-29-19-16-6-7-15-18(26)14(6)22-10-4-5-11(8(10)20(27)30-2)23(15,22)25(17(7)19)13(5)9(21(28)31-3)12(4)24(16,22)25/h4-17,19H,1-3H3. The third kappa shape index (κ3) is 0.710. The molecule has 13 fully saturated rings. The number of hydrogen-bond donors (Lipinski definition) is 0. The quantitative estimate of drug-likeness (QED) is 0.624. The third-order valence-corrected chi connectivity index (χ3v) is 15.1. The highest BCUT2D eigenvalue weighted by Crippen LogP contribution is 3.23. The van der Waals surface area contributed by atoms with Crippen LogP contribution >= 0.6 is 0 Å². The van der Waals surface area contributed by atoms with Gasteiger partial charge in [0.25, 0.3) is 0 Å². The Balaban J connectivity index is 1.34. The van der Waals surface area contributed by atoms with E-state index < -0.39 is 0 Å². The summed E-state index contributed by atoms with van der Waals surface area (Å²) < 4.78 is 17.2. The van der Waals surface area contributed by atoms with E-state index in [1.54, 1.807) is 7.11 Å². The van der Waals surface area contributed by atoms with Crippen LogP contribution in [-0.2, 0) is 28.6 Å². The molecule has 13 aliphatic rings. The second-order valence-electron chi connectivity index (χ2n) is 13.1. The number of carbonyl (C=O) groups excluding carboxylic acids is 3. The molecule has 0 N–H and O–H groups in total. The van der Waals surface area contributed by atoms with Gasteiger partial charge in [-0.2, -0.15) is 0 Å². The van der Waals surface area contributed by atoms with Gasteiger partial charge in [-0.3, -0.25) is 14.4 Å². The molecule has 160 valence electrons. The van der Waals surface area contributed by atoms with Crippen LogP contribution in [0.1, 0.15) is 0 Å². The first-order valence-electron chi connectivity index (χ1n) is 12.3. The third-order valence-electron chi connectivity index (χ3n) is 15.1. The number of Topliss-reactive ketones (excluding diaryl/α,β-unsaturated/α-hetero) is 1. The van der Waals surface area contributed by atoms with Crippen molar-refractivity contribution in [1.82, 2.24) is 0 Å². The number of hydrogen-bond acceptors (Lipinski definition) is 6. The van der Waals surface area contributed by atoms with Crippen molar-refractivity contribution < 1.29 is 28.6 Å². The summed E-state index contributed by atoms with van der Waals surface area (Å²) in [5.74, 6) is 4.45. The van der Waals surface area contributed by atoms with Crippen LogP contribution in [0, 0.1) is 105 Å². The molecule has 16 unspecified atom stereocenters. The fourth-order valence-corrected chi connectivity index (χ4v) is 17.6. The topological polar surface area (TPSA) is 78.9 Å². The molecule has 0 aromatic carbocycles. The average Bonchev–Trinajstić information content (AvgIpc) is 3.57. The van der Waals surface area contributed by atoms with Crippen LogP contribution < -0.4 is 0 Å². The predicted octanol–water partition coefficient (Wildman–Crippen LogP) is 0.639. The monoisotopic (exact) mass is 420 g/mol. The lowest BCUT2D eigenvalue weighted by Gasteiger charge is -2.73. The Morgan fingerprint density at radius 2 is 1.06 bits per heavy atom. The summed E-state index contributed by atoms with van der Waals surface area (Å²) in [6, 6.07) is 0. The summed E-state index contributed by atoms with van der Waals surface area (Å²) in [7, 11) is 4.96. The lowest BCUT2D eigenvalue weighted by molar-refractivity contribution is -0.297. The number of ether oxygens (including phenoxy) is 3. The van der Waals surface area contributed by atoms with Crippen LogP contribution in [-0.4, -0.2) is 45.2 Å². The molecule has 8 bridgehead atoms. The molecule has 0 heterocycles. The second kappa shape index (κ2) is 3.43. The Labute approximate surface area is 178 Å². The molecule has 13 aliphatic carbocycles. The van der Waals surface area contributed by atoms with E-state index in [1.165, 1.54) is 7.11 Å². The summed E-state index contributed by atoms with van der Waals surface area (Å²) in [5, 5.41) is 0. The van der Waals surface area contributed by atoms with E-state index in [2.05, 4.69) is 0 Å². The number of rotatable bonds is 3. The van der Waals surface area contributed by atoms with Crippen LogP contribution in [0.25, 0.3) is 0 Å². The van der Waals surface area contributed by atoms with Crippen molar-refractivity contribution in [2.24, 2.45) is 105 Å². The summed E-state index contributed by atoms with van der Waals surface area (Å²) in [6.07, 6.45) is 0.259. The summed E-state index contributed by atoms with van der Waals surface area (Å²) in [4.78, 5) is 40.6. The van der Waals surface area contributed by atoms with Gasteiger partial charge in [0.05, 0.1) is 32.2 Å². The zero-order chi connectivity index (χ0) is 20.5. The van der Waals surface area contributed by atoms with Gasteiger partial charge in [0, 0.05) is 18.9 Å². The van der Waals surface area contributed by atoms with Gasteiger partial charge in [0.15, 0.2) is 0 Å². The Hall–Kier alpha value is -1.43. The summed E-state index contributed by atoms with van der Waals surface area (Å²) in [5.41, 5.74) is 0.0703. The number of ketones is 1. The van der Waals surface area contributed by atoms with Gasteiger partial charge in [0.2, 0.25) is 0 Å². The van der Waals surface area contributed by atoms with E-state index in [0.29, 0.717) is 53.1 Å². The van der Waals surface area contributed by atoms with Crippen LogP contribution in [0.3, 0.4) is 0 Å². The Morgan fingerprint density at radius 3 is 1.45 bits per heavy atom. The molecule has 0 aromatic rings. The first-order valence-corrected chi connectivity index (χ1v) is 12.3. The molecule has 16 atom stereocenters. The number of esters is 2. The van der Waals surface area contributed by atoms with Crippen LogP contribution in [0.4, 0.5) is 0 Å². The summed E-state index contributed by atoms with van der Waals surface area (Å²) >= 11 is 0. The maximum atomic E-state index is 14.0. The maximum absolute atomic E-state index is 14.0. The van der Waals surface area contributed by atoms with Crippen molar-refractivity contribution in [3.63, 3.8) is 0 Å². The molecule has 0 radical (unpaired) electrons. The maximum Gasteiger partial charge on any atom is 0.309 e. The molecule has 13 saturated carbocycles. The van der Waals surface area contributed by atoms with Crippen LogP contribution in [0.5, 0.6) is 0 Å². The summed E-state index contributed by atoms with van der Waals surface area (Å²) in [6.45, 7) is 0. The lowest BCUT2D eigenvalue weighted by atomic mass is 9.28. The molecular weight excluding hydrogens is 396 g/mol. The highest BCUT2D eigenvalue weighted by atomic mass is 16.5. The molecule has 0 saturated heterocycles. The van der Waals surface area contributed by atoms with E-state index >= 15 is 0 Å². The van der Waals surface area contributed by atoms with E-state index in [9.17, 15) is 14.4 Å². The number of carbonyl (C=O) groups is 3. The molecule has 31 heavy (non-hydrogen) atoms. The molecule has 6 nitrogen and oxygen atoms in total. The zero-order valence-corrected chi connectivity index (χ0v) is 17.6. The molecular formula is C25H24O6. The van der Waals surface area contributed by atoms with E-state index in [1.807, 2.05) is 7.11 Å². The normalized spacial score (nSPS) is 80.7. The molecule has 4 spiro atoms. The van der Waals surface area contributed by atoms with Gasteiger partial charge < -0.3 is 14.2 Å². The minimum Gasteiger partial charge on any atom is -0.469 e. The van der Waals surface area contributed by atoms with Gasteiger partial charge in [-0.05, 0) is 80.8 Å². The van der Waals surface area contributed by atoms with Gasteiger partial charge in [-0.1, -0.05) is 0 Å². The second-order valence-corrected chi connectivity index (χ2v) is 13.1. The van der Waals surface area contributed by atoms with E-state index in [4.69, 9.17) is 14.2 Å². The van der Waals surface area contributed by atoms with Gasteiger partial charge in [-0.15, -0.1) is 0 Å². The van der Waals surface area contributed by atoms with Crippen molar-refractivity contribution in [3.05, 3.63) is 0 Å². The molecule has 0 aliphatic heterocycles. The highest BCUT2D eigenvalue weighted by molar-refractivity contribution is 6.00. The minimum absolute atomic E-state index is 0.0107. The van der Waals surface area contributed by atoms with Crippen molar-refractivity contribution >= 4 is 17.7 Å². The average molecular weight is 420 g/mol. The largest absolute Gasteiger partial charge is 0.469 e. The Bertz CT molecular complexity index is 1110. The van der Waals surface area contributed by atoms with Gasteiger partial charge in [-0.25, -0.2) is 0 Å². The smallest absolute Gasteiger partial charge is 0.309 e. The lowest BCUT2D eigenvalue weighted by Crippen LogP contribution is -2.73. The van der Waals surface area contributed by atoms with Crippen LogP contribution in [0.15, 0.2) is 0 Å².